The second kappa shape index (κ2) is 11.2. The molecule has 0 radical (unpaired) electrons. The standard InChI is InChI=1S/C25H29N5O4/c1-17(20-10-7-8-14-26-20)28-21-13-12-18(15-22(21)30(32)33)25(31)27-16-23(29(2)3)19-9-5-6-11-24(19)34-4/h5-15,17,23,28H,16H2,1-4H3,(H,27,31). The molecule has 0 saturated carbocycles. The first kappa shape index (κ1) is 24.7. The first-order chi connectivity index (χ1) is 16.3. The van der Waals surface area contributed by atoms with Crippen molar-refractivity contribution in [2.24, 2.45) is 0 Å². The van der Waals surface area contributed by atoms with Gasteiger partial charge in [0.05, 0.1) is 29.8 Å². The summed E-state index contributed by atoms with van der Waals surface area (Å²) in [6, 6.07) is 17.1. The fourth-order valence-electron chi connectivity index (χ4n) is 3.69. The van der Waals surface area contributed by atoms with Crippen LogP contribution >= 0.6 is 0 Å². The molecule has 9 nitrogen and oxygen atoms in total. The van der Waals surface area contributed by atoms with Crippen molar-refractivity contribution in [3.8, 4) is 5.75 Å². The lowest BCUT2D eigenvalue weighted by Gasteiger charge is -2.26. The maximum absolute atomic E-state index is 12.9. The van der Waals surface area contributed by atoms with Gasteiger partial charge in [0.1, 0.15) is 11.4 Å². The summed E-state index contributed by atoms with van der Waals surface area (Å²) in [5, 5.41) is 17.7. The smallest absolute Gasteiger partial charge is 0.293 e. The van der Waals surface area contributed by atoms with E-state index in [0.29, 0.717) is 12.2 Å². The largest absolute Gasteiger partial charge is 0.496 e. The second-order valence-electron chi connectivity index (χ2n) is 8.04. The maximum atomic E-state index is 12.9. The lowest BCUT2D eigenvalue weighted by molar-refractivity contribution is -0.384. The Balaban J connectivity index is 1.76. The third-order valence-electron chi connectivity index (χ3n) is 5.54. The zero-order valence-electron chi connectivity index (χ0n) is 19.7. The quantitative estimate of drug-likeness (QED) is 0.342. The summed E-state index contributed by atoms with van der Waals surface area (Å²) in [6.45, 7) is 2.17. The summed E-state index contributed by atoms with van der Waals surface area (Å²) in [5.41, 5.74) is 2.04. The fourth-order valence-corrected chi connectivity index (χ4v) is 3.69. The van der Waals surface area contributed by atoms with Crippen LogP contribution in [-0.4, -0.2) is 48.5 Å². The molecule has 1 aromatic heterocycles. The van der Waals surface area contributed by atoms with Crippen molar-refractivity contribution >= 4 is 17.3 Å². The van der Waals surface area contributed by atoms with Gasteiger partial charge in [-0.1, -0.05) is 24.3 Å². The molecule has 1 heterocycles. The van der Waals surface area contributed by atoms with Gasteiger partial charge in [-0.05, 0) is 51.4 Å². The Hall–Kier alpha value is -3.98. The van der Waals surface area contributed by atoms with Gasteiger partial charge < -0.3 is 20.3 Å². The molecule has 0 aliphatic carbocycles. The maximum Gasteiger partial charge on any atom is 0.293 e. The van der Waals surface area contributed by atoms with Crippen LogP contribution in [-0.2, 0) is 0 Å². The van der Waals surface area contributed by atoms with Crippen LogP contribution in [0.3, 0.4) is 0 Å². The lowest BCUT2D eigenvalue weighted by atomic mass is 10.0. The van der Waals surface area contributed by atoms with Gasteiger partial charge in [0.15, 0.2) is 0 Å². The number of pyridine rings is 1. The molecule has 2 atom stereocenters. The second-order valence-corrected chi connectivity index (χ2v) is 8.04. The molecule has 1 amide bonds. The highest BCUT2D eigenvalue weighted by molar-refractivity contribution is 5.95. The number of nitro groups is 1. The van der Waals surface area contributed by atoms with Crippen LogP contribution in [0.4, 0.5) is 11.4 Å². The normalized spacial score (nSPS) is 12.6. The van der Waals surface area contributed by atoms with Gasteiger partial charge in [0, 0.05) is 29.9 Å². The average Bonchev–Trinajstić information content (AvgIpc) is 2.84. The molecule has 0 aliphatic rings. The highest BCUT2D eigenvalue weighted by Crippen LogP contribution is 2.30. The molecule has 0 fully saturated rings. The third kappa shape index (κ3) is 5.87. The summed E-state index contributed by atoms with van der Waals surface area (Å²) in [4.78, 5) is 30.4. The minimum atomic E-state index is -0.498. The highest BCUT2D eigenvalue weighted by atomic mass is 16.6. The number of methoxy groups -OCH3 is 1. The number of amides is 1. The summed E-state index contributed by atoms with van der Waals surface area (Å²) in [5.74, 6) is 0.331. The number of para-hydroxylation sites is 1. The molecule has 0 saturated heterocycles. The summed E-state index contributed by atoms with van der Waals surface area (Å²) >= 11 is 0. The molecular formula is C25H29N5O4. The first-order valence-electron chi connectivity index (χ1n) is 10.8. The topological polar surface area (TPSA) is 110 Å². The number of carbonyl (C=O) groups is 1. The lowest BCUT2D eigenvalue weighted by Crippen LogP contribution is -2.34. The summed E-state index contributed by atoms with van der Waals surface area (Å²) in [7, 11) is 5.43. The van der Waals surface area contributed by atoms with E-state index in [-0.39, 0.29) is 23.3 Å². The van der Waals surface area contributed by atoms with Crippen LogP contribution in [0.1, 0.15) is 40.6 Å². The van der Waals surface area contributed by atoms with Crippen molar-refractivity contribution in [2.75, 3.05) is 33.1 Å². The predicted molar refractivity (Wildman–Crippen MR) is 131 cm³/mol. The van der Waals surface area contributed by atoms with Crippen LogP contribution in [0.2, 0.25) is 0 Å². The predicted octanol–water partition coefficient (Wildman–Crippen LogP) is 4.20. The Labute approximate surface area is 198 Å². The van der Waals surface area contributed by atoms with Crippen molar-refractivity contribution < 1.29 is 14.5 Å². The number of nitrogens with one attached hydrogen (secondary N) is 2. The molecule has 2 N–H and O–H groups in total. The Morgan fingerprint density at radius 3 is 2.53 bits per heavy atom. The van der Waals surface area contributed by atoms with Gasteiger partial charge in [0.25, 0.3) is 11.6 Å². The average molecular weight is 464 g/mol. The van der Waals surface area contributed by atoms with Crippen molar-refractivity contribution in [1.29, 1.82) is 0 Å². The van der Waals surface area contributed by atoms with E-state index in [4.69, 9.17) is 4.74 Å². The summed E-state index contributed by atoms with van der Waals surface area (Å²) in [6.07, 6.45) is 1.67. The van der Waals surface area contributed by atoms with E-state index >= 15 is 0 Å². The molecule has 0 bridgehead atoms. The zero-order chi connectivity index (χ0) is 24.7. The summed E-state index contributed by atoms with van der Waals surface area (Å²) < 4.78 is 5.46. The third-order valence-corrected chi connectivity index (χ3v) is 5.54. The number of benzene rings is 2. The Morgan fingerprint density at radius 2 is 1.88 bits per heavy atom. The molecular weight excluding hydrogens is 434 g/mol. The van der Waals surface area contributed by atoms with Gasteiger partial charge >= 0.3 is 0 Å². The molecule has 0 aliphatic heterocycles. The number of hydrogen-bond donors (Lipinski definition) is 2. The molecule has 178 valence electrons. The number of ether oxygens (including phenoxy) is 1. The van der Waals surface area contributed by atoms with Crippen LogP contribution in [0, 0.1) is 10.1 Å². The molecule has 2 aromatic carbocycles. The van der Waals surface area contributed by atoms with E-state index in [9.17, 15) is 14.9 Å². The molecule has 3 aromatic rings. The molecule has 9 heteroatoms. The van der Waals surface area contributed by atoms with Gasteiger partial charge in [0.2, 0.25) is 0 Å². The number of aromatic nitrogens is 1. The van der Waals surface area contributed by atoms with Crippen molar-refractivity contribution in [3.63, 3.8) is 0 Å². The van der Waals surface area contributed by atoms with Gasteiger partial charge in [-0.2, -0.15) is 0 Å². The Kier molecular flexibility index (Phi) is 8.15. The van der Waals surface area contributed by atoms with Gasteiger partial charge in [-0.3, -0.25) is 19.9 Å². The number of anilines is 1. The molecule has 34 heavy (non-hydrogen) atoms. The number of nitro benzene ring substituents is 1. The monoisotopic (exact) mass is 463 g/mol. The first-order valence-corrected chi connectivity index (χ1v) is 10.8. The van der Waals surface area contributed by atoms with E-state index in [1.807, 2.05) is 62.3 Å². The minimum Gasteiger partial charge on any atom is -0.496 e. The van der Waals surface area contributed by atoms with Gasteiger partial charge in [-0.15, -0.1) is 0 Å². The van der Waals surface area contributed by atoms with Crippen molar-refractivity contribution in [1.82, 2.24) is 15.2 Å². The van der Waals surface area contributed by atoms with Crippen molar-refractivity contribution in [2.45, 2.75) is 19.0 Å². The van der Waals surface area contributed by atoms with Crippen molar-refractivity contribution in [3.05, 3.63) is 93.8 Å². The van der Waals surface area contributed by atoms with Gasteiger partial charge in [-0.25, -0.2) is 0 Å². The van der Waals surface area contributed by atoms with E-state index in [0.717, 1.165) is 17.0 Å². The SMILES string of the molecule is COc1ccccc1C(CNC(=O)c1ccc(NC(C)c2ccccn2)c([N+](=O)[O-])c1)N(C)C. The van der Waals surface area contributed by atoms with Crippen LogP contribution in [0.25, 0.3) is 0 Å². The Morgan fingerprint density at radius 1 is 1.15 bits per heavy atom. The number of rotatable bonds is 10. The van der Waals surface area contributed by atoms with Crippen LogP contribution in [0.15, 0.2) is 66.9 Å². The number of hydrogen-bond acceptors (Lipinski definition) is 7. The van der Waals surface area contributed by atoms with E-state index in [1.165, 1.54) is 6.07 Å². The van der Waals surface area contributed by atoms with E-state index in [1.54, 1.807) is 31.5 Å². The number of nitrogens with zero attached hydrogens (tertiary/aromatic N) is 3. The fraction of sp³-hybridized carbons (Fsp3) is 0.280. The molecule has 0 spiro atoms. The van der Waals surface area contributed by atoms with Crippen LogP contribution in [0.5, 0.6) is 5.75 Å². The molecule has 2 unspecified atom stereocenters. The highest BCUT2D eigenvalue weighted by Gasteiger charge is 2.22. The zero-order valence-corrected chi connectivity index (χ0v) is 19.7. The number of carbonyl (C=O) groups excluding carboxylic acids is 1. The Bertz CT molecular complexity index is 1140. The number of likely N-dealkylation sites (N-methyl/N-ethyl adjacent to an activating group) is 1. The van der Waals surface area contributed by atoms with E-state index < -0.39 is 10.8 Å². The molecule has 3 rings (SSSR count). The minimum absolute atomic E-state index is 0.143. The van der Waals surface area contributed by atoms with E-state index in [2.05, 4.69) is 15.6 Å². The van der Waals surface area contributed by atoms with Crippen LogP contribution < -0.4 is 15.4 Å².